The molecule has 0 radical (unpaired) electrons. The zero-order chi connectivity index (χ0) is 21.4. The minimum Gasteiger partial charge on any atom is -0.425 e. The van der Waals surface area contributed by atoms with Crippen LogP contribution in [0, 0.1) is 0 Å². The Hall–Kier alpha value is -1.44. The summed E-state index contributed by atoms with van der Waals surface area (Å²) in [5, 5.41) is 3.44. The lowest BCUT2D eigenvalue weighted by atomic mass is 10.1. The molecule has 0 amide bonds. The van der Waals surface area contributed by atoms with Crippen LogP contribution in [0.5, 0.6) is 5.75 Å². The molecule has 0 unspecified atom stereocenters. The number of hydrogen-bond donors (Lipinski definition) is 2. The molecule has 0 atom stereocenters. The summed E-state index contributed by atoms with van der Waals surface area (Å²) in [7, 11) is -4.41. The van der Waals surface area contributed by atoms with Gasteiger partial charge in [-0.3, -0.25) is 9.35 Å². The molecule has 1 aromatic carbocycles. The van der Waals surface area contributed by atoms with Crippen molar-refractivity contribution in [3.8, 4) is 5.75 Å². The van der Waals surface area contributed by atoms with E-state index in [-0.39, 0.29) is 12.2 Å². The van der Waals surface area contributed by atoms with Gasteiger partial charge in [0.2, 0.25) is 0 Å². The minimum atomic E-state index is -4.41. The molecule has 6 nitrogen and oxygen atoms in total. The second kappa shape index (κ2) is 15.4. The fourth-order valence-corrected chi connectivity index (χ4v) is 3.74. The van der Waals surface area contributed by atoms with Gasteiger partial charge in [-0.05, 0) is 44.5 Å². The Kier molecular flexibility index (Phi) is 13.6. The highest BCUT2D eigenvalue weighted by Crippen LogP contribution is 2.23. The lowest BCUT2D eigenvalue weighted by Gasteiger charge is -2.08. The van der Waals surface area contributed by atoms with Crippen LogP contribution in [-0.2, 0) is 14.9 Å². The number of carbonyl (C=O) groups excluding carboxylic acids is 1. The number of carbonyl (C=O) groups is 1. The molecule has 0 aliphatic heterocycles. The maximum atomic E-state index is 11.9. The van der Waals surface area contributed by atoms with Crippen molar-refractivity contribution in [1.82, 2.24) is 5.32 Å². The van der Waals surface area contributed by atoms with Crippen LogP contribution in [0.4, 0.5) is 0 Å². The Morgan fingerprint density at radius 2 is 1.45 bits per heavy atom. The molecule has 0 aromatic heterocycles. The molecule has 1 rings (SSSR count). The fraction of sp³-hybridized carbons (Fsp3) is 0.682. The molecule has 0 saturated heterocycles. The number of esters is 1. The highest BCUT2D eigenvalue weighted by Gasteiger charge is 2.18. The number of unbranched alkanes of at least 4 members (excludes halogenated alkanes) is 9. The SMILES string of the molecule is CCCCCCCCCCNCCCCCC(=O)Oc1ccccc1S(=O)(=O)O. The number of nitrogens with one attached hydrogen (secondary N) is 1. The molecule has 0 bridgehead atoms. The van der Waals surface area contributed by atoms with Crippen LogP contribution in [-0.4, -0.2) is 32.0 Å². The van der Waals surface area contributed by atoms with E-state index in [1.54, 1.807) is 6.07 Å². The predicted octanol–water partition coefficient (Wildman–Crippen LogP) is 5.13. The van der Waals surface area contributed by atoms with E-state index in [0.29, 0.717) is 6.42 Å². The molecular weight excluding hydrogens is 390 g/mol. The maximum Gasteiger partial charge on any atom is 0.311 e. The standard InChI is InChI=1S/C22H37NO5S/c1-2-3-4-5-6-7-8-13-18-23-19-14-9-10-17-22(24)28-20-15-11-12-16-21(20)29(25,26)27/h11-12,15-16,23H,2-10,13-14,17-19H2,1H3,(H,25,26,27). The Bertz CT molecular complexity index is 676. The summed E-state index contributed by atoms with van der Waals surface area (Å²) < 4.78 is 36.8. The van der Waals surface area contributed by atoms with Gasteiger partial charge in [-0.15, -0.1) is 0 Å². The highest BCUT2D eigenvalue weighted by molar-refractivity contribution is 7.86. The van der Waals surface area contributed by atoms with Gasteiger partial charge in [0.15, 0.2) is 5.75 Å². The topological polar surface area (TPSA) is 92.7 Å². The third-order valence-corrected chi connectivity index (χ3v) is 5.69. The van der Waals surface area contributed by atoms with Crippen molar-refractivity contribution in [2.24, 2.45) is 0 Å². The summed E-state index contributed by atoms with van der Waals surface area (Å²) in [5.41, 5.74) is 0. The monoisotopic (exact) mass is 427 g/mol. The molecule has 29 heavy (non-hydrogen) atoms. The van der Waals surface area contributed by atoms with Crippen LogP contribution in [0.25, 0.3) is 0 Å². The molecule has 7 heteroatoms. The van der Waals surface area contributed by atoms with E-state index in [9.17, 15) is 13.2 Å². The average Bonchev–Trinajstić information content (AvgIpc) is 2.68. The van der Waals surface area contributed by atoms with E-state index >= 15 is 0 Å². The minimum absolute atomic E-state index is 0.132. The molecule has 0 aliphatic rings. The van der Waals surface area contributed by atoms with Gasteiger partial charge in [-0.2, -0.15) is 8.42 Å². The van der Waals surface area contributed by atoms with Crippen molar-refractivity contribution in [1.29, 1.82) is 0 Å². The Morgan fingerprint density at radius 1 is 0.897 bits per heavy atom. The summed E-state index contributed by atoms with van der Waals surface area (Å²) in [6, 6.07) is 5.57. The van der Waals surface area contributed by atoms with Crippen molar-refractivity contribution < 1.29 is 22.5 Å². The van der Waals surface area contributed by atoms with E-state index < -0.39 is 21.0 Å². The first-order chi connectivity index (χ1) is 13.9. The largest absolute Gasteiger partial charge is 0.425 e. The van der Waals surface area contributed by atoms with Crippen LogP contribution in [0.2, 0.25) is 0 Å². The van der Waals surface area contributed by atoms with Gasteiger partial charge < -0.3 is 10.1 Å². The van der Waals surface area contributed by atoms with Gasteiger partial charge >= 0.3 is 5.97 Å². The molecule has 2 N–H and O–H groups in total. The molecular formula is C22H37NO5S. The second-order valence-electron chi connectivity index (χ2n) is 7.43. The van der Waals surface area contributed by atoms with Crippen molar-refractivity contribution >= 4 is 16.1 Å². The van der Waals surface area contributed by atoms with Crippen LogP contribution >= 0.6 is 0 Å². The molecule has 0 spiro atoms. The van der Waals surface area contributed by atoms with Gasteiger partial charge in [-0.1, -0.05) is 70.4 Å². The first kappa shape index (κ1) is 25.6. The van der Waals surface area contributed by atoms with E-state index in [1.165, 1.54) is 69.6 Å². The van der Waals surface area contributed by atoms with Crippen LogP contribution in [0.15, 0.2) is 29.2 Å². The molecule has 0 aliphatic carbocycles. The van der Waals surface area contributed by atoms with E-state index in [1.807, 2.05) is 0 Å². The van der Waals surface area contributed by atoms with Crippen molar-refractivity contribution in [2.75, 3.05) is 13.1 Å². The first-order valence-electron chi connectivity index (χ1n) is 10.9. The van der Waals surface area contributed by atoms with Crippen LogP contribution < -0.4 is 10.1 Å². The smallest absolute Gasteiger partial charge is 0.311 e. The maximum absolute atomic E-state index is 11.9. The summed E-state index contributed by atoms with van der Waals surface area (Å²) >= 11 is 0. The van der Waals surface area contributed by atoms with E-state index in [2.05, 4.69) is 12.2 Å². The second-order valence-corrected chi connectivity index (χ2v) is 8.82. The predicted molar refractivity (Wildman–Crippen MR) is 116 cm³/mol. The Labute approximate surface area is 176 Å². The van der Waals surface area contributed by atoms with Gasteiger partial charge in [0.05, 0.1) is 0 Å². The number of ether oxygens (including phenoxy) is 1. The van der Waals surface area contributed by atoms with E-state index in [4.69, 9.17) is 9.29 Å². The summed E-state index contributed by atoms with van der Waals surface area (Å²) in [4.78, 5) is 11.5. The van der Waals surface area contributed by atoms with Gasteiger partial charge in [0.25, 0.3) is 10.1 Å². The summed E-state index contributed by atoms with van der Waals surface area (Å²) in [5.74, 6) is -0.625. The van der Waals surface area contributed by atoms with Gasteiger partial charge in [-0.25, -0.2) is 0 Å². The first-order valence-corrected chi connectivity index (χ1v) is 12.4. The molecule has 0 saturated carbocycles. The fourth-order valence-electron chi connectivity index (χ4n) is 3.13. The van der Waals surface area contributed by atoms with Crippen molar-refractivity contribution in [3.05, 3.63) is 24.3 Å². The number of para-hydroxylation sites is 1. The lowest BCUT2D eigenvalue weighted by Crippen LogP contribution is -2.16. The van der Waals surface area contributed by atoms with Crippen LogP contribution in [0.1, 0.15) is 84.0 Å². The normalized spacial score (nSPS) is 11.5. The van der Waals surface area contributed by atoms with Gasteiger partial charge in [0.1, 0.15) is 4.90 Å². The molecule has 0 fully saturated rings. The zero-order valence-electron chi connectivity index (χ0n) is 17.7. The van der Waals surface area contributed by atoms with Crippen LogP contribution in [0.3, 0.4) is 0 Å². The number of rotatable bonds is 17. The van der Waals surface area contributed by atoms with Gasteiger partial charge in [0, 0.05) is 6.42 Å². The number of benzene rings is 1. The third-order valence-electron chi connectivity index (χ3n) is 4.79. The quantitative estimate of drug-likeness (QED) is 0.155. The molecule has 0 heterocycles. The lowest BCUT2D eigenvalue weighted by molar-refractivity contribution is -0.134. The Morgan fingerprint density at radius 3 is 2.07 bits per heavy atom. The molecule has 166 valence electrons. The third kappa shape index (κ3) is 12.7. The molecule has 1 aromatic rings. The zero-order valence-corrected chi connectivity index (χ0v) is 18.5. The summed E-state index contributed by atoms with van der Waals surface area (Å²) in [6.07, 6.45) is 13.4. The number of hydrogen-bond acceptors (Lipinski definition) is 5. The average molecular weight is 428 g/mol. The Balaban J connectivity index is 2.01. The summed E-state index contributed by atoms with van der Waals surface area (Å²) in [6.45, 7) is 4.23. The van der Waals surface area contributed by atoms with E-state index in [0.717, 1.165) is 25.9 Å². The van der Waals surface area contributed by atoms with Crippen molar-refractivity contribution in [2.45, 2.75) is 88.9 Å². The van der Waals surface area contributed by atoms with Crippen molar-refractivity contribution in [3.63, 3.8) is 0 Å². The highest BCUT2D eigenvalue weighted by atomic mass is 32.2.